The van der Waals surface area contributed by atoms with E-state index in [4.69, 9.17) is 4.74 Å². The van der Waals surface area contributed by atoms with Gasteiger partial charge < -0.3 is 10.1 Å². The van der Waals surface area contributed by atoms with Gasteiger partial charge in [-0.05, 0) is 36.3 Å². The lowest BCUT2D eigenvalue weighted by atomic mass is 9.75. The number of nitrogens with one attached hydrogen (secondary N) is 1. The summed E-state index contributed by atoms with van der Waals surface area (Å²) in [7, 11) is 1.45. The van der Waals surface area contributed by atoms with E-state index in [0.717, 1.165) is 12.8 Å². The average molecular weight is 340 g/mol. The third-order valence-corrected chi connectivity index (χ3v) is 4.74. The van der Waals surface area contributed by atoms with Crippen LogP contribution >= 0.6 is 15.9 Å². The van der Waals surface area contributed by atoms with Crippen LogP contribution in [0.4, 0.5) is 0 Å². The number of ether oxygens (including phenoxy) is 1. The molecule has 3 nitrogen and oxygen atoms in total. The van der Waals surface area contributed by atoms with Crippen molar-refractivity contribution in [1.82, 2.24) is 5.32 Å². The first-order valence-corrected chi connectivity index (χ1v) is 7.90. The van der Waals surface area contributed by atoms with E-state index < -0.39 is 0 Å². The lowest BCUT2D eigenvalue weighted by Crippen LogP contribution is -2.51. The number of carbonyl (C=O) groups excluding carboxylic acids is 1. The van der Waals surface area contributed by atoms with E-state index in [1.165, 1.54) is 17.1 Å². The lowest BCUT2D eigenvalue weighted by Gasteiger charge is -2.39. The maximum Gasteiger partial charge on any atom is 0.323 e. The third kappa shape index (κ3) is 3.41. The highest BCUT2D eigenvalue weighted by Crippen LogP contribution is 2.40. The molecule has 0 amide bonds. The van der Waals surface area contributed by atoms with Crippen molar-refractivity contribution in [2.24, 2.45) is 5.92 Å². The SMILES string of the molecule is COC(=O)C(NC1CC(c2ccccc2Br)C1)C(C)C. The van der Waals surface area contributed by atoms with Crippen LogP contribution in [0.1, 0.15) is 38.2 Å². The maximum absolute atomic E-state index is 11.7. The van der Waals surface area contributed by atoms with Crippen molar-refractivity contribution in [3.05, 3.63) is 34.3 Å². The molecular weight excluding hydrogens is 318 g/mol. The largest absolute Gasteiger partial charge is 0.468 e. The molecule has 0 bridgehead atoms. The quantitative estimate of drug-likeness (QED) is 0.834. The van der Waals surface area contributed by atoms with Crippen molar-refractivity contribution >= 4 is 21.9 Å². The van der Waals surface area contributed by atoms with E-state index in [9.17, 15) is 4.79 Å². The van der Waals surface area contributed by atoms with Crippen LogP contribution in [-0.4, -0.2) is 25.2 Å². The average Bonchev–Trinajstić information content (AvgIpc) is 2.37. The number of esters is 1. The Morgan fingerprint density at radius 2 is 2.00 bits per heavy atom. The minimum atomic E-state index is -0.204. The first-order valence-electron chi connectivity index (χ1n) is 7.11. The van der Waals surface area contributed by atoms with Crippen molar-refractivity contribution in [3.63, 3.8) is 0 Å². The Hall–Kier alpha value is -0.870. The molecule has 1 saturated carbocycles. The molecule has 1 aliphatic carbocycles. The van der Waals surface area contributed by atoms with Crippen LogP contribution in [0.25, 0.3) is 0 Å². The van der Waals surface area contributed by atoms with Gasteiger partial charge in [0.25, 0.3) is 0 Å². The van der Waals surface area contributed by atoms with Gasteiger partial charge in [0.1, 0.15) is 6.04 Å². The zero-order chi connectivity index (χ0) is 14.7. The van der Waals surface area contributed by atoms with E-state index in [2.05, 4.69) is 39.4 Å². The summed E-state index contributed by atoms with van der Waals surface area (Å²) in [5, 5.41) is 3.43. The Labute approximate surface area is 129 Å². The minimum absolute atomic E-state index is 0.163. The highest BCUT2D eigenvalue weighted by Gasteiger charge is 2.35. The van der Waals surface area contributed by atoms with Gasteiger partial charge in [-0.15, -0.1) is 0 Å². The van der Waals surface area contributed by atoms with Crippen molar-refractivity contribution in [2.45, 2.75) is 44.7 Å². The molecule has 4 heteroatoms. The fraction of sp³-hybridized carbons (Fsp3) is 0.562. The number of carbonyl (C=O) groups is 1. The topological polar surface area (TPSA) is 38.3 Å². The van der Waals surface area contributed by atoms with E-state index in [-0.39, 0.29) is 17.9 Å². The number of hydrogen-bond donors (Lipinski definition) is 1. The van der Waals surface area contributed by atoms with Crippen molar-refractivity contribution in [1.29, 1.82) is 0 Å². The van der Waals surface area contributed by atoms with Crippen LogP contribution in [0.5, 0.6) is 0 Å². The zero-order valence-corrected chi connectivity index (χ0v) is 13.8. The van der Waals surface area contributed by atoms with Crippen molar-refractivity contribution < 1.29 is 9.53 Å². The number of benzene rings is 1. The molecule has 0 spiro atoms. The molecule has 2 rings (SSSR count). The van der Waals surface area contributed by atoms with Gasteiger partial charge in [0.2, 0.25) is 0 Å². The minimum Gasteiger partial charge on any atom is -0.468 e. The van der Waals surface area contributed by atoms with Crippen LogP contribution in [-0.2, 0) is 9.53 Å². The van der Waals surface area contributed by atoms with Crippen molar-refractivity contribution in [2.75, 3.05) is 7.11 Å². The molecule has 1 aromatic rings. The Kier molecular flexibility index (Phi) is 5.22. The normalized spacial score (nSPS) is 23.2. The predicted molar refractivity (Wildman–Crippen MR) is 83.7 cm³/mol. The summed E-state index contributed by atoms with van der Waals surface area (Å²) < 4.78 is 6.04. The molecule has 20 heavy (non-hydrogen) atoms. The van der Waals surface area contributed by atoms with Crippen LogP contribution in [0.2, 0.25) is 0 Å². The molecule has 1 fully saturated rings. The second kappa shape index (κ2) is 6.72. The third-order valence-electron chi connectivity index (χ3n) is 4.02. The number of methoxy groups -OCH3 is 1. The van der Waals surface area contributed by atoms with Gasteiger partial charge in [0.05, 0.1) is 7.11 Å². The molecule has 0 aliphatic heterocycles. The molecule has 0 saturated heterocycles. The molecule has 1 N–H and O–H groups in total. The second-order valence-electron chi connectivity index (χ2n) is 5.80. The standard InChI is InChI=1S/C16H22BrNO2/c1-10(2)15(16(19)20-3)18-12-8-11(9-12)13-6-4-5-7-14(13)17/h4-7,10-12,15,18H,8-9H2,1-3H3. The Morgan fingerprint density at radius 3 is 2.55 bits per heavy atom. The van der Waals surface area contributed by atoms with Crippen LogP contribution in [0, 0.1) is 5.92 Å². The summed E-state index contributed by atoms with van der Waals surface area (Å²) in [5.74, 6) is 0.655. The Bertz CT molecular complexity index is 469. The predicted octanol–water partition coefficient (Wildman–Crippen LogP) is 3.48. The van der Waals surface area contributed by atoms with E-state index in [1.807, 2.05) is 19.9 Å². The summed E-state index contributed by atoms with van der Waals surface area (Å²) >= 11 is 3.61. The fourth-order valence-electron chi connectivity index (χ4n) is 2.73. The van der Waals surface area contributed by atoms with Crippen LogP contribution in [0.3, 0.4) is 0 Å². The molecular formula is C16H22BrNO2. The fourth-order valence-corrected chi connectivity index (χ4v) is 3.34. The Balaban J connectivity index is 1.90. The van der Waals surface area contributed by atoms with Gasteiger partial charge in [-0.1, -0.05) is 48.0 Å². The summed E-state index contributed by atoms with van der Waals surface area (Å²) in [4.78, 5) is 11.7. The molecule has 1 unspecified atom stereocenters. The van der Waals surface area contributed by atoms with Crippen LogP contribution < -0.4 is 5.32 Å². The maximum atomic E-state index is 11.7. The second-order valence-corrected chi connectivity index (χ2v) is 6.65. The van der Waals surface area contributed by atoms with Gasteiger partial charge in [0, 0.05) is 10.5 Å². The summed E-state index contributed by atoms with van der Waals surface area (Å²) in [6, 6.07) is 8.57. The first-order chi connectivity index (χ1) is 9.52. The molecule has 0 aromatic heterocycles. The summed E-state index contributed by atoms with van der Waals surface area (Å²) in [5.41, 5.74) is 1.37. The van der Waals surface area contributed by atoms with Gasteiger partial charge >= 0.3 is 5.97 Å². The molecule has 1 aromatic carbocycles. The first kappa shape index (κ1) is 15.5. The number of halogens is 1. The van der Waals surface area contributed by atoms with Gasteiger partial charge in [-0.25, -0.2) is 0 Å². The highest BCUT2D eigenvalue weighted by molar-refractivity contribution is 9.10. The zero-order valence-electron chi connectivity index (χ0n) is 12.2. The molecule has 1 atom stereocenters. The number of hydrogen-bond acceptors (Lipinski definition) is 3. The van der Waals surface area contributed by atoms with Crippen molar-refractivity contribution in [3.8, 4) is 0 Å². The monoisotopic (exact) mass is 339 g/mol. The molecule has 110 valence electrons. The smallest absolute Gasteiger partial charge is 0.323 e. The molecule has 0 heterocycles. The summed E-state index contributed by atoms with van der Waals surface area (Å²) in [6.45, 7) is 4.08. The highest BCUT2D eigenvalue weighted by atomic mass is 79.9. The van der Waals surface area contributed by atoms with E-state index in [1.54, 1.807) is 0 Å². The van der Waals surface area contributed by atoms with E-state index in [0.29, 0.717) is 12.0 Å². The molecule has 0 radical (unpaired) electrons. The van der Waals surface area contributed by atoms with E-state index >= 15 is 0 Å². The van der Waals surface area contributed by atoms with Crippen LogP contribution in [0.15, 0.2) is 28.7 Å². The van der Waals surface area contributed by atoms with Gasteiger partial charge in [-0.2, -0.15) is 0 Å². The number of rotatable bonds is 5. The molecule has 1 aliphatic rings. The van der Waals surface area contributed by atoms with Gasteiger partial charge in [0.15, 0.2) is 0 Å². The lowest BCUT2D eigenvalue weighted by molar-refractivity contribution is -0.144. The Morgan fingerprint density at radius 1 is 1.35 bits per heavy atom. The summed E-state index contributed by atoms with van der Waals surface area (Å²) in [6.07, 6.45) is 2.14. The van der Waals surface area contributed by atoms with Gasteiger partial charge in [-0.3, -0.25) is 4.79 Å².